The van der Waals surface area contributed by atoms with Gasteiger partial charge in [-0.15, -0.1) is 0 Å². The number of hydrogen-bond acceptors (Lipinski definition) is 7. The molecule has 1 aliphatic heterocycles. The molecule has 2 rings (SSSR count). The zero-order valence-electron chi connectivity index (χ0n) is 10.2. The van der Waals surface area contributed by atoms with E-state index in [1.807, 2.05) is 6.92 Å². The first-order valence-electron chi connectivity index (χ1n) is 5.75. The molecule has 1 aromatic heterocycles. The average Bonchev–Trinajstić information content (AvgIpc) is 2.65. The maximum atomic E-state index is 11.3. The molecule has 1 unspecified atom stereocenters. The summed E-state index contributed by atoms with van der Waals surface area (Å²) in [5, 5.41) is 3.13. The van der Waals surface area contributed by atoms with Crippen LogP contribution in [0.1, 0.15) is 12.1 Å². The van der Waals surface area contributed by atoms with Crippen molar-refractivity contribution in [3.05, 3.63) is 11.8 Å². The van der Waals surface area contributed by atoms with Crippen molar-refractivity contribution in [1.29, 1.82) is 0 Å². The molecule has 0 saturated carbocycles. The van der Waals surface area contributed by atoms with Gasteiger partial charge < -0.3 is 5.32 Å². The molecular weight excluding hydrogens is 254 g/mol. The van der Waals surface area contributed by atoms with Gasteiger partial charge in [0.2, 0.25) is 5.95 Å². The first-order chi connectivity index (χ1) is 8.48. The molecule has 18 heavy (non-hydrogen) atoms. The fraction of sp³-hybridized carbons (Fsp3) is 0.600. The summed E-state index contributed by atoms with van der Waals surface area (Å²) in [4.78, 5) is 8.21. The van der Waals surface area contributed by atoms with Crippen molar-refractivity contribution in [3.8, 4) is 0 Å². The summed E-state index contributed by atoms with van der Waals surface area (Å²) in [5.41, 5.74) is 3.18. The number of rotatable bonds is 4. The fourth-order valence-corrected chi connectivity index (χ4v) is 3.87. The number of nitrogens with two attached hydrogens (primary N) is 1. The van der Waals surface area contributed by atoms with Gasteiger partial charge in [-0.2, -0.15) is 4.98 Å². The van der Waals surface area contributed by atoms with Crippen LogP contribution in [0.5, 0.6) is 0 Å². The Morgan fingerprint density at radius 1 is 1.50 bits per heavy atom. The average molecular weight is 271 g/mol. The second-order valence-electron chi connectivity index (χ2n) is 4.51. The van der Waals surface area contributed by atoms with E-state index in [1.54, 1.807) is 6.07 Å². The largest absolute Gasteiger partial charge is 0.370 e. The second-order valence-corrected chi connectivity index (χ2v) is 6.74. The van der Waals surface area contributed by atoms with E-state index in [2.05, 4.69) is 20.7 Å². The third-order valence-electron chi connectivity index (χ3n) is 2.88. The van der Waals surface area contributed by atoms with Crippen LogP contribution in [0.3, 0.4) is 0 Å². The number of hydrazine groups is 1. The molecule has 0 bridgehead atoms. The van der Waals surface area contributed by atoms with Crippen molar-refractivity contribution in [2.24, 2.45) is 11.8 Å². The molecule has 0 spiro atoms. The van der Waals surface area contributed by atoms with Crippen LogP contribution < -0.4 is 16.6 Å². The maximum Gasteiger partial charge on any atom is 0.239 e. The molecule has 4 N–H and O–H groups in total. The lowest BCUT2D eigenvalue weighted by Crippen LogP contribution is -2.17. The summed E-state index contributed by atoms with van der Waals surface area (Å²) in [6.45, 7) is 2.44. The van der Waals surface area contributed by atoms with E-state index in [9.17, 15) is 8.42 Å². The molecule has 7 nitrogen and oxygen atoms in total. The minimum Gasteiger partial charge on any atom is -0.370 e. The highest BCUT2D eigenvalue weighted by Gasteiger charge is 2.27. The monoisotopic (exact) mass is 271 g/mol. The van der Waals surface area contributed by atoms with E-state index in [4.69, 9.17) is 5.84 Å². The Bertz CT molecular complexity index is 531. The molecule has 1 aromatic rings. The zero-order valence-corrected chi connectivity index (χ0v) is 11.0. The van der Waals surface area contributed by atoms with E-state index in [-0.39, 0.29) is 17.4 Å². The van der Waals surface area contributed by atoms with Gasteiger partial charge in [-0.05, 0) is 19.3 Å². The van der Waals surface area contributed by atoms with E-state index < -0.39 is 9.84 Å². The molecule has 0 aromatic carbocycles. The van der Waals surface area contributed by atoms with Gasteiger partial charge in [0.1, 0.15) is 5.82 Å². The summed E-state index contributed by atoms with van der Waals surface area (Å²) < 4.78 is 22.7. The minimum atomic E-state index is -2.83. The fourth-order valence-electron chi connectivity index (χ4n) is 2.01. The lowest BCUT2D eigenvalue weighted by molar-refractivity contribution is 0.595. The van der Waals surface area contributed by atoms with Gasteiger partial charge in [0.15, 0.2) is 9.84 Å². The third-order valence-corrected chi connectivity index (χ3v) is 4.72. The Labute approximate surface area is 106 Å². The molecule has 100 valence electrons. The van der Waals surface area contributed by atoms with Crippen molar-refractivity contribution >= 4 is 21.6 Å². The number of nitrogens with zero attached hydrogens (tertiary/aromatic N) is 2. The normalized spacial score (nSPS) is 21.8. The number of aromatic nitrogens is 2. The summed E-state index contributed by atoms with van der Waals surface area (Å²) in [7, 11) is -2.83. The Kier molecular flexibility index (Phi) is 3.67. The van der Waals surface area contributed by atoms with Crippen molar-refractivity contribution in [3.63, 3.8) is 0 Å². The van der Waals surface area contributed by atoms with Crippen molar-refractivity contribution in [2.75, 3.05) is 28.8 Å². The third kappa shape index (κ3) is 3.30. The van der Waals surface area contributed by atoms with E-state index in [0.29, 0.717) is 24.7 Å². The van der Waals surface area contributed by atoms with Gasteiger partial charge in [-0.3, -0.25) is 5.43 Å². The second kappa shape index (κ2) is 5.07. The van der Waals surface area contributed by atoms with Gasteiger partial charge in [-0.1, -0.05) is 0 Å². The van der Waals surface area contributed by atoms with Gasteiger partial charge in [-0.25, -0.2) is 19.2 Å². The Balaban J connectivity index is 1.96. The van der Waals surface area contributed by atoms with Crippen LogP contribution in [-0.4, -0.2) is 36.4 Å². The predicted octanol–water partition coefficient (Wildman–Crippen LogP) is -0.0828. The molecule has 1 saturated heterocycles. The van der Waals surface area contributed by atoms with Crippen LogP contribution in [0.2, 0.25) is 0 Å². The molecule has 1 atom stereocenters. The number of anilines is 2. The standard InChI is InChI=1S/C10H17N5O2S/c1-7-4-9(14-10(13-7)15-11)12-5-8-2-3-18(16,17)6-8/h4,8H,2-3,5-6,11H2,1H3,(H2,12,13,14,15). The SMILES string of the molecule is Cc1cc(NCC2CCS(=O)(=O)C2)nc(NN)n1. The molecule has 0 amide bonds. The summed E-state index contributed by atoms with van der Waals surface area (Å²) in [5.74, 6) is 6.95. The highest BCUT2D eigenvalue weighted by molar-refractivity contribution is 7.91. The Morgan fingerprint density at radius 3 is 2.89 bits per heavy atom. The molecule has 0 aliphatic carbocycles. The number of nitrogen functional groups attached to an aromatic ring is 1. The summed E-state index contributed by atoms with van der Waals surface area (Å²) in [6.07, 6.45) is 0.710. The zero-order chi connectivity index (χ0) is 13.2. The van der Waals surface area contributed by atoms with Crippen LogP contribution in [0.25, 0.3) is 0 Å². The smallest absolute Gasteiger partial charge is 0.239 e. The first-order valence-corrected chi connectivity index (χ1v) is 7.57. The van der Waals surface area contributed by atoms with Crippen LogP contribution in [0.4, 0.5) is 11.8 Å². The molecule has 8 heteroatoms. The summed E-state index contributed by atoms with van der Waals surface area (Å²) in [6, 6.07) is 1.80. The minimum absolute atomic E-state index is 0.152. The van der Waals surface area contributed by atoms with Gasteiger partial charge in [0, 0.05) is 18.3 Å². The molecule has 1 aliphatic rings. The van der Waals surface area contributed by atoms with Crippen molar-refractivity contribution in [1.82, 2.24) is 9.97 Å². The highest BCUT2D eigenvalue weighted by atomic mass is 32.2. The molecule has 1 fully saturated rings. The topological polar surface area (TPSA) is 110 Å². The first kappa shape index (κ1) is 13.0. The number of hydrogen-bond donors (Lipinski definition) is 3. The van der Waals surface area contributed by atoms with Gasteiger partial charge in [0.05, 0.1) is 11.5 Å². The highest BCUT2D eigenvalue weighted by Crippen LogP contribution is 2.19. The lowest BCUT2D eigenvalue weighted by Gasteiger charge is -2.11. The Morgan fingerprint density at radius 2 is 2.28 bits per heavy atom. The predicted molar refractivity (Wildman–Crippen MR) is 69.8 cm³/mol. The number of aryl methyl sites for hydroxylation is 1. The number of sulfone groups is 1. The maximum absolute atomic E-state index is 11.3. The van der Waals surface area contributed by atoms with Crippen LogP contribution in [0.15, 0.2) is 6.07 Å². The Hall–Kier alpha value is -1.41. The van der Waals surface area contributed by atoms with Crippen LogP contribution >= 0.6 is 0 Å². The quantitative estimate of drug-likeness (QED) is 0.519. The number of nitrogens with one attached hydrogen (secondary N) is 2. The van der Waals surface area contributed by atoms with E-state index >= 15 is 0 Å². The van der Waals surface area contributed by atoms with E-state index in [0.717, 1.165) is 5.69 Å². The lowest BCUT2D eigenvalue weighted by atomic mass is 10.1. The summed E-state index contributed by atoms with van der Waals surface area (Å²) >= 11 is 0. The van der Waals surface area contributed by atoms with Gasteiger partial charge >= 0.3 is 0 Å². The van der Waals surface area contributed by atoms with Crippen LogP contribution in [-0.2, 0) is 9.84 Å². The van der Waals surface area contributed by atoms with Gasteiger partial charge in [0.25, 0.3) is 0 Å². The van der Waals surface area contributed by atoms with Crippen molar-refractivity contribution in [2.45, 2.75) is 13.3 Å². The molecule has 2 heterocycles. The van der Waals surface area contributed by atoms with Crippen molar-refractivity contribution < 1.29 is 8.42 Å². The van der Waals surface area contributed by atoms with E-state index in [1.165, 1.54) is 0 Å². The molecule has 0 radical (unpaired) electrons. The molecular formula is C10H17N5O2S. The van der Waals surface area contributed by atoms with Crippen LogP contribution in [0, 0.1) is 12.8 Å².